The van der Waals surface area contributed by atoms with Gasteiger partial charge in [0.15, 0.2) is 5.65 Å². The predicted molar refractivity (Wildman–Crippen MR) is 113 cm³/mol. The first kappa shape index (κ1) is 18.0. The van der Waals surface area contributed by atoms with Gasteiger partial charge in [0.1, 0.15) is 17.9 Å². The van der Waals surface area contributed by atoms with E-state index in [0.29, 0.717) is 5.92 Å². The zero-order valence-corrected chi connectivity index (χ0v) is 16.4. The van der Waals surface area contributed by atoms with E-state index in [1.54, 1.807) is 0 Å². The summed E-state index contributed by atoms with van der Waals surface area (Å²) in [4.78, 5) is 13.9. The van der Waals surface area contributed by atoms with Crippen molar-refractivity contribution in [3.8, 4) is 11.1 Å². The average molecular weight is 385 g/mol. The van der Waals surface area contributed by atoms with Crippen LogP contribution < -0.4 is 0 Å². The molecular weight excluding hydrogens is 362 g/mol. The number of rotatable bonds is 6. The molecule has 146 valence electrons. The molecule has 0 unspecified atom stereocenters. The number of aryl methyl sites for hydroxylation is 1. The van der Waals surface area contributed by atoms with Crippen molar-refractivity contribution in [2.75, 3.05) is 0 Å². The second kappa shape index (κ2) is 7.43. The molecule has 2 aromatic carbocycles. The Labute approximate surface area is 169 Å². The van der Waals surface area contributed by atoms with Crippen molar-refractivity contribution in [1.29, 1.82) is 0 Å². The molecule has 0 spiro atoms. The molecule has 4 aromatic rings. The third kappa shape index (κ3) is 3.43. The summed E-state index contributed by atoms with van der Waals surface area (Å²) in [5.74, 6) is 1.73. The van der Waals surface area contributed by atoms with Crippen molar-refractivity contribution in [1.82, 2.24) is 14.5 Å². The second-order valence-corrected chi connectivity index (χ2v) is 7.76. The fourth-order valence-electron chi connectivity index (χ4n) is 3.93. The van der Waals surface area contributed by atoms with Gasteiger partial charge in [0.05, 0.1) is 6.54 Å². The van der Waals surface area contributed by atoms with Crippen LogP contribution in [0.4, 0.5) is 0 Å². The quantitative estimate of drug-likeness (QED) is 0.360. The van der Waals surface area contributed by atoms with Gasteiger partial charge in [-0.1, -0.05) is 48.5 Å². The van der Waals surface area contributed by atoms with Crippen LogP contribution in [0.15, 0.2) is 60.8 Å². The Morgan fingerprint density at radius 1 is 1.07 bits per heavy atom. The molecule has 1 N–H and O–H groups in total. The molecule has 0 bridgehead atoms. The molecule has 1 saturated carbocycles. The van der Waals surface area contributed by atoms with Crippen LogP contribution in [0.2, 0.25) is 0 Å². The summed E-state index contributed by atoms with van der Waals surface area (Å²) in [5, 5.41) is 8.85. The number of fused-ring (bicyclic) bond motifs is 1. The van der Waals surface area contributed by atoms with Crippen molar-refractivity contribution in [2.24, 2.45) is 0 Å². The van der Waals surface area contributed by atoms with E-state index in [9.17, 15) is 0 Å². The maximum atomic E-state index is 8.85. The molecule has 5 heteroatoms. The van der Waals surface area contributed by atoms with Crippen LogP contribution in [-0.4, -0.2) is 19.8 Å². The largest absolute Gasteiger partial charge is 0.308 e. The molecule has 0 amide bonds. The number of benzene rings is 2. The number of imidazole rings is 1. The molecule has 1 fully saturated rings. The Hall–Kier alpha value is -3.02. The number of nitrogens with zero attached hydrogens (tertiary/aromatic N) is 3. The summed E-state index contributed by atoms with van der Waals surface area (Å²) in [6.45, 7) is 3.04. The van der Waals surface area contributed by atoms with Crippen molar-refractivity contribution in [2.45, 2.75) is 38.8 Å². The maximum absolute atomic E-state index is 8.85. The molecule has 2 aromatic heterocycles. The van der Waals surface area contributed by atoms with E-state index in [1.165, 1.54) is 24.0 Å². The zero-order valence-electron chi connectivity index (χ0n) is 16.4. The van der Waals surface area contributed by atoms with Crippen LogP contribution in [0.5, 0.6) is 0 Å². The van der Waals surface area contributed by atoms with Gasteiger partial charge in [-0.15, -0.1) is 0 Å². The highest BCUT2D eigenvalue weighted by molar-refractivity contribution is 5.75. The lowest BCUT2D eigenvalue weighted by Gasteiger charge is -2.11. The molecule has 0 aliphatic heterocycles. The Morgan fingerprint density at radius 2 is 1.86 bits per heavy atom. The summed E-state index contributed by atoms with van der Waals surface area (Å²) < 4.78 is 2.28. The van der Waals surface area contributed by atoms with E-state index in [0.717, 1.165) is 40.2 Å². The average Bonchev–Trinajstić information content (AvgIpc) is 3.52. The summed E-state index contributed by atoms with van der Waals surface area (Å²) in [6.07, 6.45) is 4.30. The van der Waals surface area contributed by atoms with Gasteiger partial charge in [0, 0.05) is 12.1 Å². The van der Waals surface area contributed by atoms with Crippen molar-refractivity contribution < 1.29 is 10.1 Å². The van der Waals surface area contributed by atoms with Gasteiger partial charge in [-0.2, -0.15) is 0 Å². The number of aromatic nitrogens is 3. The predicted octanol–water partition coefficient (Wildman–Crippen LogP) is 5.32. The van der Waals surface area contributed by atoms with E-state index >= 15 is 0 Å². The number of hydrogen-bond acceptors (Lipinski definition) is 4. The van der Waals surface area contributed by atoms with E-state index < -0.39 is 0 Å². The molecule has 0 radical (unpaired) electrons. The van der Waals surface area contributed by atoms with Crippen LogP contribution in [0.25, 0.3) is 22.3 Å². The van der Waals surface area contributed by atoms with Gasteiger partial charge in [-0.3, -0.25) is 5.26 Å². The third-order valence-corrected chi connectivity index (χ3v) is 5.65. The topological polar surface area (TPSA) is 60.2 Å². The van der Waals surface area contributed by atoms with Crippen LogP contribution >= 0.6 is 0 Å². The molecule has 1 aliphatic rings. The normalized spacial score (nSPS) is 13.9. The van der Waals surface area contributed by atoms with Gasteiger partial charge in [0.2, 0.25) is 0 Å². The van der Waals surface area contributed by atoms with Gasteiger partial charge in [-0.25, -0.2) is 14.9 Å². The van der Waals surface area contributed by atoms with E-state index in [2.05, 4.69) is 45.6 Å². The first-order valence-electron chi connectivity index (χ1n) is 10.00. The first-order valence-corrected chi connectivity index (χ1v) is 10.00. The lowest BCUT2D eigenvalue weighted by Crippen LogP contribution is -2.05. The standard InChI is InChI=1S/C24H23N3O2/c1-16-12-13-25-24-22(16)26-23(19-10-11-19)27(24)14-17-6-8-18(9-7-17)21-5-3-2-4-20(21)15-29-28/h2-9,12-13,19,28H,10-11,14-15H2,1H3. The Balaban J connectivity index is 1.48. The third-order valence-electron chi connectivity index (χ3n) is 5.65. The lowest BCUT2D eigenvalue weighted by atomic mass is 9.99. The Kier molecular flexibility index (Phi) is 4.62. The molecule has 5 rings (SSSR count). The minimum atomic E-state index is 0.175. The van der Waals surface area contributed by atoms with Gasteiger partial charge >= 0.3 is 0 Å². The van der Waals surface area contributed by atoms with Crippen molar-refractivity contribution in [3.63, 3.8) is 0 Å². The van der Waals surface area contributed by atoms with Gasteiger partial charge in [-0.05, 0) is 53.6 Å². The Morgan fingerprint density at radius 3 is 2.62 bits per heavy atom. The molecule has 0 atom stereocenters. The van der Waals surface area contributed by atoms with Crippen LogP contribution in [0, 0.1) is 6.92 Å². The summed E-state index contributed by atoms with van der Waals surface area (Å²) in [7, 11) is 0. The molecular formula is C24H23N3O2. The van der Waals surface area contributed by atoms with Crippen LogP contribution in [0.3, 0.4) is 0 Å². The summed E-state index contributed by atoms with van der Waals surface area (Å²) in [6, 6.07) is 18.5. The second-order valence-electron chi connectivity index (χ2n) is 7.76. The Bertz CT molecular complexity index is 1160. The van der Waals surface area contributed by atoms with Crippen LogP contribution in [0.1, 0.15) is 41.3 Å². The van der Waals surface area contributed by atoms with E-state index in [-0.39, 0.29) is 6.61 Å². The first-order chi connectivity index (χ1) is 14.2. The molecule has 5 nitrogen and oxygen atoms in total. The highest BCUT2D eigenvalue weighted by Crippen LogP contribution is 2.41. The SMILES string of the molecule is Cc1ccnc2c1nc(C1CC1)n2Cc1ccc(-c2ccccc2COO)cc1. The zero-order chi connectivity index (χ0) is 19.8. The van der Waals surface area contributed by atoms with Crippen molar-refractivity contribution >= 4 is 11.2 Å². The number of pyridine rings is 1. The van der Waals surface area contributed by atoms with Crippen molar-refractivity contribution in [3.05, 3.63) is 83.3 Å². The smallest absolute Gasteiger partial charge is 0.160 e. The van der Waals surface area contributed by atoms with E-state index in [4.69, 9.17) is 10.2 Å². The highest BCUT2D eigenvalue weighted by atomic mass is 17.1. The monoisotopic (exact) mass is 385 g/mol. The lowest BCUT2D eigenvalue weighted by molar-refractivity contribution is -0.252. The molecule has 0 saturated heterocycles. The number of hydrogen-bond donors (Lipinski definition) is 1. The fraction of sp³-hybridized carbons (Fsp3) is 0.250. The minimum absolute atomic E-state index is 0.175. The molecule has 1 aliphatic carbocycles. The fourth-order valence-corrected chi connectivity index (χ4v) is 3.93. The summed E-state index contributed by atoms with van der Waals surface area (Å²) in [5.41, 5.74) is 7.51. The summed E-state index contributed by atoms with van der Waals surface area (Å²) >= 11 is 0. The highest BCUT2D eigenvalue weighted by Gasteiger charge is 2.30. The molecule has 2 heterocycles. The van der Waals surface area contributed by atoms with Gasteiger partial charge < -0.3 is 4.57 Å². The van der Waals surface area contributed by atoms with E-state index in [1.807, 2.05) is 36.5 Å². The minimum Gasteiger partial charge on any atom is -0.308 e. The van der Waals surface area contributed by atoms with Crippen LogP contribution in [-0.2, 0) is 18.0 Å². The van der Waals surface area contributed by atoms with Gasteiger partial charge in [0.25, 0.3) is 0 Å². The molecule has 29 heavy (non-hydrogen) atoms. The maximum Gasteiger partial charge on any atom is 0.160 e.